The lowest BCUT2D eigenvalue weighted by molar-refractivity contribution is -0.116. The molecule has 0 aliphatic carbocycles. The van der Waals surface area contributed by atoms with Crippen molar-refractivity contribution in [2.45, 2.75) is 26.2 Å². The molecule has 0 radical (unpaired) electrons. The Morgan fingerprint density at radius 3 is 2.35 bits per heavy atom. The minimum atomic E-state index is -3.42. The number of nitrogens with one attached hydrogen (secondary N) is 1. The number of aryl methyl sites for hydroxylation is 1. The zero-order valence-corrected chi connectivity index (χ0v) is 16.5. The molecule has 5 nitrogen and oxygen atoms in total. The summed E-state index contributed by atoms with van der Waals surface area (Å²) in [5, 5.41) is 3.21. The maximum atomic E-state index is 12.1. The highest BCUT2D eigenvalue weighted by Gasteiger charge is 2.17. The van der Waals surface area contributed by atoms with Gasteiger partial charge >= 0.3 is 0 Å². The van der Waals surface area contributed by atoms with Crippen LogP contribution in [0.15, 0.2) is 48.5 Å². The van der Waals surface area contributed by atoms with Crippen molar-refractivity contribution in [3.05, 3.63) is 59.1 Å². The number of nitrogens with zero attached hydrogens (tertiary/aromatic N) is 1. The van der Waals surface area contributed by atoms with Crippen LogP contribution < -0.4 is 9.62 Å². The Morgan fingerprint density at radius 2 is 1.77 bits per heavy atom. The fourth-order valence-corrected chi connectivity index (χ4v) is 3.69. The van der Waals surface area contributed by atoms with Gasteiger partial charge in [-0.05, 0) is 42.7 Å². The number of amides is 1. The summed E-state index contributed by atoms with van der Waals surface area (Å²) in [6.45, 7) is 2.28. The Kier molecular flexibility index (Phi) is 7.06. The SMILES string of the molecule is CCc1ccc(N(CCCC(=O)Nc2ccccc2Cl)S(C)(=O)=O)cc1. The van der Waals surface area contributed by atoms with Gasteiger partial charge in [-0.1, -0.05) is 42.8 Å². The highest BCUT2D eigenvalue weighted by molar-refractivity contribution is 7.92. The fourth-order valence-electron chi connectivity index (χ4n) is 2.54. The summed E-state index contributed by atoms with van der Waals surface area (Å²) in [5.41, 5.74) is 2.30. The number of rotatable bonds is 8. The number of hydrogen-bond donors (Lipinski definition) is 1. The second kappa shape index (κ2) is 9.05. The second-order valence-corrected chi connectivity index (χ2v) is 8.30. The minimum absolute atomic E-state index is 0.199. The summed E-state index contributed by atoms with van der Waals surface area (Å²) in [5.74, 6) is -0.201. The third kappa shape index (κ3) is 5.75. The van der Waals surface area contributed by atoms with E-state index in [1.807, 2.05) is 19.1 Å². The highest BCUT2D eigenvalue weighted by Crippen LogP contribution is 2.22. The van der Waals surface area contributed by atoms with Crippen LogP contribution in [0.4, 0.5) is 11.4 Å². The summed E-state index contributed by atoms with van der Waals surface area (Å²) < 4.78 is 25.5. The predicted octanol–water partition coefficient (Wildman–Crippen LogP) is 4.09. The van der Waals surface area contributed by atoms with Gasteiger partial charge < -0.3 is 5.32 Å². The van der Waals surface area contributed by atoms with Gasteiger partial charge in [0, 0.05) is 13.0 Å². The van der Waals surface area contributed by atoms with Crippen LogP contribution in [0.2, 0.25) is 5.02 Å². The van der Waals surface area contributed by atoms with E-state index < -0.39 is 10.0 Å². The van der Waals surface area contributed by atoms with Crippen molar-refractivity contribution in [2.24, 2.45) is 0 Å². The van der Waals surface area contributed by atoms with Crippen LogP contribution in [0.25, 0.3) is 0 Å². The lowest BCUT2D eigenvalue weighted by Gasteiger charge is -2.22. The van der Waals surface area contributed by atoms with Crippen LogP contribution in [-0.2, 0) is 21.2 Å². The Hall–Kier alpha value is -2.05. The molecular formula is C19H23ClN2O3S. The van der Waals surface area contributed by atoms with Crippen molar-refractivity contribution in [3.63, 3.8) is 0 Å². The van der Waals surface area contributed by atoms with E-state index in [4.69, 9.17) is 11.6 Å². The molecule has 0 atom stereocenters. The monoisotopic (exact) mass is 394 g/mol. The molecule has 0 saturated carbocycles. The molecule has 7 heteroatoms. The first-order valence-electron chi connectivity index (χ1n) is 8.42. The number of para-hydroxylation sites is 1. The average molecular weight is 395 g/mol. The maximum absolute atomic E-state index is 12.1. The van der Waals surface area contributed by atoms with E-state index in [1.165, 1.54) is 10.6 Å². The van der Waals surface area contributed by atoms with E-state index in [9.17, 15) is 13.2 Å². The molecule has 0 saturated heterocycles. The van der Waals surface area contributed by atoms with E-state index in [0.717, 1.165) is 12.0 Å². The van der Waals surface area contributed by atoms with Gasteiger partial charge in [0.1, 0.15) is 0 Å². The van der Waals surface area contributed by atoms with E-state index in [0.29, 0.717) is 22.8 Å². The topological polar surface area (TPSA) is 66.5 Å². The van der Waals surface area contributed by atoms with Gasteiger partial charge in [-0.15, -0.1) is 0 Å². The molecule has 2 aromatic carbocycles. The van der Waals surface area contributed by atoms with Gasteiger partial charge in [0.2, 0.25) is 15.9 Å². The van der Waals surface area contributed by atoms with Gasteiger partial charge in [0.05, 0.1) is 22.7 Å². The molecule has 0 aliphatic heterocycles. The number of anilines is 2. The van der Waals surface area contributed by atoms with Gasteiger partial charge in [0.15, 0.2) is 0 Å². The van der Waals surface area contributed by atoms with Crippen LogP contribution in [-0.4, -0.2) is 27.1 Å². The standard InChI is InChI=1S/C19H23ClN2O3S/c1-3-15-10-12-16(13-11-15)22(26(2,24)25)14-6-9-19(23)21-18-8-5-4-7-17(18)20/h4-5,7-8,10-13H,3,6,9,14H2,1-2H3,(H,21,23). The van der Waals surface area contributed by atoms with Crippen LogP contribution >= 0.6 is 11.6 Å². The number of hydrogen-bond acceptors (Lipinski definition) is 3. The van der Waals surface area contributed by atoms with Crippen LogP contribution in [0.5, 0.6) is 0 Å². The van der Waals surface area contributed by atoms with Crippen LogP contribution in [0.1, 0.15) is 25.3 Å². The quantitative estimate of drug-likeness (QED) is 0.733. The van der Waals surface area contributed by atoms with Crippen molar-refractivity contribution in [1.29, 1.82) is 0 Å². The van der Waals surface area contributed by atoms with Crippen molar-refractivity contribution >= 4 is 38.9 Å². The zero-order chi connectivity index (χ0) is 19.2. The molecule has 26 heavy (non-hydrogen) atoms. The highest BCUT2D eigenvalue weighted by atomic mass is 35.5. The first-order chi connectivity index (χ1) is 12.3. The number of sulfonamides is 1. The maximum Gasteiger partial charge on any atom is 0.232 e. The number of benzene rings is 2. The molecule has 0 unspecified atom stereocenters. The molecule has 2 rings (SSSR count). The molecule has 0 bridgehead atoms. The molecule has 1 N–H and O–H groups in total. The molecule has 0 fully saturated rings. The Morgan fingerprint density at radius 1 is 1.12 bits per heavy atom. The van der Waals surface area contributed by atoms with Crippen LogP contribution in [0, 0.1) is 0 Å². The lowest BCUT2D eigenvalue weighted by atomic mass is 10.1. The summed E-state index contributed by atoms with van der Waals surface area (Å²) in [7, 11) is -3.42. The number of carbonyl (C=O) groups excluding carboxylic acids is 1. The summed E-state index contributed by atoms with van der Waals surface area (Å²) in [4.78, 5) is 12.1. The van der Waals surface area contributed by atoms with E-state index >= 15 is 0 Å². The molecule has 0 heterocycles. The Bertz CT molecular complexity index is 851. The van der Waals surface area contributed by atoms with Crippen molar-refractivity contribution in [2.75, 3.05) is 22.4 Å². The predicted molar refractivity (Wildman–Crippen MR) is 107 cm³/mol. The molecule has 140 valence electrons. The van der Waals surface area contributed by atoms with E-state index in [-0.39, 0.29) is 18.9 Å². The third-order valence-electron chi connectivity index (χ3n) is 3.95. The number of halogens is 1. The van der Waals surface area contributed by atoms with Gasteiger partial charge in [-0.3, -0.25) is 9.10 Å². The fraction of sp³-hybridized carbons (Fsp3) is 0.316. The minimum Gasteiger partial charge on any atom is -0.325 e. The molecular weight excluding hydrogens is 372 g/mol. The molecule has 0 aliphatic rings. The van der Waals surface area contributed by atoms with E-state index in [1.54, 1.807) is 36.4 Å². The second-order valence-electron chi connectivity index (χ2n) is 5.99. The molecule has 1 amide bonds. The van der Waals surface area contributed by atoms with Crippen molar-refractivity contribution < 1.29 is 13.2 Å². The average Bonchev–Trinajstić information content (AvgIpc) is 2.60. The zero-order valence-electron chi connectivity index (χ0n) is 14.9. The van der Waals surface area contributed by atoms with Gasteiger partial charge in [-0.25, -0.2) is 8.42 Å². The lowest BCUT2D eigenvalue weighted by Crippen LogP contribution is -2.31. The first kappa shape index (κ1) is 20.3. The summed E-state index contributed by atoms with van der Waals surface area (Å²) >= 11 is 6.02. The number of carbonyl (C=O) groups is 1. The van der Waals surface area contributed by atoms with Crippen molar-refractivity contribution in [1.82, 2.24) is 0 Å². The summed E-state index contributed by atoms with van der Waals surface area (Å²) in [6.07, 6.45) is 2.66. The Labute approximate surface area is 160 Å². The molecule has 2 aromatic rings. The summed E-state index contributed by atoms with van der Waals surface area (Å²) in [6, 6.07) is 14.4. The molecule has 0 spiro atoms. The van der Waals surface area contributed by atoms with Gasteiger partial charge in [0.25, 0.3) is 0 Å². The largest absolute Gasteiger partial charge is 0.325 e. The van der Waals surface area contributed by atoms with Crippen LogP contribution in [0.3, 0.4) is 0 Å². The molecule has 0 aromatic heterocycles. The van der Waals surface area contributed by atoms with Gasteiger partial charge in [-0.2, -0.15) is 0 Å². The Balaban J connectivity index is 1.97. The first-order valence-corrected chi connectivity index (χ1v) is 10.6. The third-order valence-corrected chi connectivity index (χ3v) is 5.47. The van der Waals surface area contributed by atoms with E-state index in [2.05, 4.69) is 5.32 Å². The smallest absolute Gasteiger partial charge is 0.232 e. The normalized spacial score (nSPS) is 11.2. The van der Waals surface area contributed by atoms with Crippen molar-refractivity contribution in [3.8, 4) is 0 Å².